The molecule has 2 aromatic heterocycles. The summed E-state index contributed by atoms with van der Waals surface area (Å²) in [5.41, 5.74) is 1.65. The van der Waals surface area contributed by atoms with Crippen LogP contribution < -0.4 is 5.32 Å². The van der Waals surface area contributed by atoms with Crippen molar-refractivity contribution in [1.29, 1.82) is 0 Å². The molecule has 1 N–H and O–H groups in total. The molecule has 21 heavy (non-hydrogen) atoms. The molecule has 0 aliphatic heterocycles. The second-order valence-electron chi connectivity index (χ2n) is 4.57. The van der Waals surface area contributed by atoms with Gasteiger partial charge in [0.1, 0.15) is 0 Å². The highest BCUT2D eigenvalue weighted by molar-refractivity contribution is 6.36. The van der Waals surface area contributed by atoms with Gasteiger partial charge in [-0.25, -0.2) is 0 Å². The Hall–Kier alpha value is -1.98. The van der Waals surface area contributed by atoms with Gasteiger partial charge in [0.25, 0.3) is 0 Å². The Kier molecular flexibility index (Phi) is 3.86. The predicted molar refractivity (Wildman–Crippen MR) is 82.3 cm³/mol. The largest absolute Gasteiger partial charge is 0.408 e. The SMILES string of the molecule is Cn1ccc(Nc2nnc(Cc3c(Cl)cccc3Cl)o2)c1. The molecule has 0 saturated carbocycles. The highest BCUT2D eigenvalue weighted by Crippen LogP contribution is 2.27. The monoisotopic (exact) mass is 322 g/mol. The molecule has 0 bridgehead atoms. The summed E-state index contributed by atoms with van der Waals surface area (Å²) < 4.78 is 7.47. The van der Waals surface area contributed by atoms with Crippen molar-refractivity contribution in [1.82, 2.24) is 14.8 Å². The summed E-state index contributed by atoms with van der Waals surface area (Å²) >= 11 is 12.3. The lowest BCUT2D eigenvalue weighted by atomic mass is 10.1. The second kappa shape index (κ2) is 5.79. The molecule has 0 atom stereocenters. The van der Waals surface area contributed by atoms with E-state index in [1.807, 2.05) is 30.1 Å². The Morgan fingerprint density at radius 3 is 2.62 bits per heavy atom. The van der Waals surface area contributed by atoms with Gasteiger partial charge in [0.05, 0.1) is 12.1 Å². The second-order valence-corrected chi connectivity index (χ2v) is 5.38. The van der Waals surface area contributed by atoms with E-state index in [1.165, 1.54) is 0 Å². The van der Waals surface area contributed by atoms with Crippen LogP contribution in [0.1, 0.15) is 11.5 Å². The van der Waals surface area contributed by atoms with Crippen molar-refractivity contribution < 1.29 is 4.42 Å². The van der Waals surface area contributed by atoms with Crippen LogP contribution in [0.15, 0.2) is 41.1 Å². The zero-order chi connectivity index (χ0) is 14.8. The molecule has 0 aliphatic carbocycles. The lowest BCUT2D eigenvalue weighted by Gasteiger charge is -2.03. The van der Waals surface area contributed by atoms with Gasteiger partial charge in [-0.05, 0) is 23.8 Å². The number of benzene rings is 1. The van der Waals surface area contributed by atoms with Crippen LogP contribution in [0.3, 0.4) is 0 Å². The van der Waals surface area contributed by atoms with Gasteiger partial charge in [-0.2, -0.15) is 0 Å². The summed E-state index contributed by atoms with van der Waals surface area (Å²) in [5.74, 6) is 0.448. The van der Waals surface area contributed by atoms with Crippen molar-refractivity contribution >= 4 is 34.9 Å². The van der Waals surface area contributed by atoms with Crippen molar-refractivity contribution in [2.45, 2.75) is 6.42 Å². The van der Waals surface area contributed by atoms with Gasteiger partial charge in [0.15, 0.2) is 0 Å². The first-order valence-corrected chi connectivity index (χ1v) is 7.01. The number of halogens is 2. The third kappa shape index (κ3) is 3.20. The minimum absolute atomic E-state index is 0.333. The van der Waals surface area contributed by atoms with Crippen LogP contribution in [0.4, 0.5) is 11.7 Å². The van der Waals surface area contributed by atoms with Crippen molar-refractivity contribution in [3.63, 3.8) is 0 Å². The topological polar surface area (TPSA) is 55.9 Å². The number of nitrogens with one attached hydrogen (secondary N) is 1. The van der Waals surface area contributed by atoms with E-state index in [0.29, 0.717) is 28.4 Å². The molecule has 0 radical (unpaired) electrons. The van der Waals surface area contributed by atoms with Crippen LogP contribution in [0.5, 0.6) is 0 Å². The number of hydrogen-bond donors (Lipinski definition) is 1. The van der Waals surface area contributed by atoms with Gasteiger partial charge in [0.2, 0.25) is 5.89 Å². The summed E-state index contributed by atoms with van der Waals surface area (Å²) in [6.07, 6.45) is 4.22. The molecular formula is C14H12Cl2N4O. The fourth-order valence-corrected chi connectivity index (χ4v) is 2.46. The summed E-state index contributed by atoms with van der Waals surface area (Å²) in [6, 6.07) is 7.60. The standard InChI is InChI=1S/C14H12Cl2N4O/c1-20-6-5-9(8-20)17-14-19-18-13(21-14)7-10-11(15)3-2-4-12(10)16/h2-6,8H,7H2,1H3,(H,17,19). The molecule has 0 fully saturated rings. The van der Waals surface area contributed by atoms with Crippen molar-refractivity contribution in [2.24, 2.45) is 7.05 Å². The molecule has 5 nitrogen and oxygen atoms in total. The zero-order valence-electron chi connectivity index (χ0n) is 11.2. The van der Waals surface area contributed by atoms with E-state index >= 15 is 0 Å². The van der Waals surface area contributed by atoms with Crippen LogP contribution in [0.2, 0.25) is 10.0 Å². The van der Waals surface area contributed by atoms with Gasteiger partial charge in [-0.15, -0.1) is 5.10 Å². The van der Waals surface area contributed by atoms with E-state index in [2.05, 4.69) is 15.5 Å². The van der Waals surface area contributed by atoms with Crippen molar-refractivity contribution in [3.05, 3.63) is 58.2 Å². The van der Waals surface area contributed by atoms with Crippen LogP contribution in [-0.4, -0.2) is 14.8 Å². The lowest BCUT2D eigenvalue weighted by Crippen LogP contribution is -1.91. The van der Waals surface area contributed by atoms with Gasteiger partial charge < -0.3 is 14.3 Å². The van der Waals surface area contributed by atoms with Gasteiger partial charge >= 0.3 is 6.01 Å². The normalized spacial score (nSPS) is 10.8. The minimum atomic E-state index is 0.333. The summed E-state index contributed by atoms with van der Waals surface area (Å²) in [5, 5.41) is 12.1. The Bertz CT molecular complexity index is 746. The lowest BCUT2D eigenvalue weighted by molar-refractivity contribution is 0.521. The highest BCUT2D eigenvalue weighted by Gasteiger charge is 2.12. The van der Waals surface area contributed by atoms with Crippen LogP contribution in [0.25, 0.3) is 0 Å². The minimum Gasteiger partial charge on any atom is -0.408 e. The molecule has 0 saturated heterocycles. The molecule has 1 aromatic carbocycles. The molecule has 7 heteroatoms. The predicted octanol–water partition coefficient (Wildman–Crippen LogP) is 4.05. The molecule has 0 unspecified atom stereocenters. The molecule has 0 spiro atoms. The number of aryl methyl sites for hydroxylation is 1. The molecule has 108 valence electrons. The average molecular weight is 323 g/mol. The van der Waals surface area contributed by atoms with Crippen LogP contribution >= 0.6 is 23.2 Å². The molecule has 0 amide bonds. The zero-order valence-corrected chi connectivity index (χ0v) is 12.7. The smallest absolute Gasteiger partial charge is 0.320 e. The van der Waals surface area contributed by atoms with E-state index in [-0.39, 0.29) is 0 Å². The summed E-state index contributed by atoms with van der Waals surface area (Å²) in [4.78, 5) is 0. The Morgan fingerprint density at radius 1 is 1.19 bits per heavy atom. The van der Waals surface area contributed by atoms with Gasteiger partial charge in [-0.3, -0.25) is 0 Å². The first kappa shape index (κ1) is 14.0. The Balaban J connectivity index is 1.76. The fraction of sp³-hybridized carbons (Fsp3) is 0.143. The number of anilines is 2. The maximum Gasteiger partial charge on any atom is 0.320 e. The van der Waals surface area contributed by atoms with Crippen molar-refractivity contribution in [3.8, 4) is 0 Å². The first-order valence-electron chi connectivity index (χ1n) is 6.26. The Morgan fingerprint density at radius 2 is 1.95 bits per heavy atom. The van der Waals surface area contributed by atoms with Gasteiger partial charge in [-0.1, -0.05) is 34.4 Å². The third-order valence-corrected chi connectivity index (χ3v) is 3.65. The van der Waals surface area contributed by atoms with Crippen molar-refractivity contribution in [2.75, 3.05) is 5.32 Å². The third-order valence-electron chi connectivity index (χ3n) is 2.94. The number of aromatic nitrogens is 3. The molecule has 3 aromatic rings. The highest BCUT2D eigenvalue weighted by atomic mass is 35.5. The first-order chi connectivity index (χ1) is 10.1. The molecular weight excluding hydrogens is 311 g/mol. The number of rotatable bonds is 4. The van der Waals surface area contributed by atoms with Crippen LogP contribution in [0, 0.1) is 0 Å². The number of nitrogens with zero attached hydrogens (tertiary/aromatic N) is 3. The van der Waals surface area contributed by atoms with E-state index in [4.69, 9.17) is 27.6 Å². The quantitative estimate of drug-likeness (QED) is 0.787. The van der Waals surface area contributed by atoms with E-state index in [1.54, 1.807) is 18.2 Å². The molecule has 2 heterocycles. The summed E-state index contributed by atoms with van der Waals surface area (Å²) in [6.45, 7) is 0. The molecule has 0 aliphatic rings. The maximum absolute atomic E-state index is 6.13. The van der Waals surface area contributed by atoms with Crippen LogP contribution in [-0.2, 0) is 13.5 Å². The number of hydrogen-bond acceptors (Lipinski definition) is 4. The van der Waals surface area contributed by atoms with E-state index in [9.17, 15) is 0 Å². The summed E-state index contributed by atoms with van der Waals surface area (Å²) in [7, 11) is 1.93. The molecule has 3 rings (SSSR count). The Labute approximate surface area is 131 Å². The van der Waals surface area contributed by atoms with E-state index < -0.39 is 0 Å². The van der Waals surface area contributed by atoms with Gasteiger partial charge in [0, 0.05) is 29.5 Å². The fourth-order valence-electron chi connectivity index (χ4n) is 1.93. The maximum atomic E-state index is 6.13. The van der Waals surface area contributed by atoms with E-state index in [0.717, 1.165) is 11.3 Å². The average Bonchev–Trinajstić information content (AvgIpc) is 3.04.